The van der Waals surface area contributed by atoms with Gasteiger partial charge in [0.05, 0.1) is 12.5 Å². The van der Waals surface area contributed by atoms with E-state index in [1.165, 1.54) is 0 Å². The van der Waals surface area contributed by atoms with Gasteiger partial charge in [-0.25, -0.2) is 0 Å². The average molecular weight is 425 g/mol. The molecule has 1 atom stereocenters. The van der Waals surface area contributed by atoms with Crippen LogP contribution >= 0.6 is 11.6 Å². The van der Waals surface area contributed by atoms with Crippen LogP contribution < -0.4 is 5.32 Å². The summed E-state index contributed by atoms with van der Waals surface area (Å²) in [6.45, 7) is 6.16. The van der Waals surface area contributed by atoms with E-state index < -0.39 is 0 Å². The van der Waals surface area contributed by atoms with Gasteiger partial charge >= 0.3 is 0 Å². The normalized spacial score (nSPS) is 17.1. The summed E-state index contributed by atoms with van der Waals surface area (Å²) in [6, 6.07) is 13.4. The zero-order valence-electron chi connectivity index (χ0n) is 17.2. The molecule has 2 heterocycles. The highest BCUT2D eigenvalue weighted by Crippen LogP contribution is 2.23. The number of benzene rings is 2. The van der Waals surface area contributed by atoms with Crippen molar-refractivity contribution in [2.75, 3.05) is 18.4 Å². The summed E-state index contributed by atoms with van der Waals surface area (Å²) in [5, 5.41) is 7.85. The Bertz CT molecular complexity index is 1030. The largest absolute Gasteiger partial charge is 0.338 e. The Balaban J connectivity index is 1.38. The van der Waals surface area contributed by atoms with Gasteiger partial charge < -0.3 is 9.84 Å². The van der Waals surface area contributed by atoms with E-state index >= 15 is 0 Å². The van der Waals surface area contributed by atoms with Gasteiger partial charge in [0.15, 0.2) is 0 Å². The third kappa shape index (κ3) is 4.89. The summed E-state index contributed by atoms with van der Waals surface area (Å²) in [5.41, 5.74) is 3.96. The molecule has 1 aliphatic heterocycles. The van der Waals surface area contributed by atoms with Crippen molar-refractivity contribution in [2.45, 2.75) is 33.2 Å². The first-order chi connectivity index (χ1) is 14.5. The number of hydrogen-bond donors (Lipinski definition) is 1. The first kappa shape index (κ1) is 20.6. The Morgan fingerprint density at radius 1 is 1.23 bits per heavy atom. The van der Waals surface area contributed by atoms with Crippen molar-refractivity contribution in [3.63, 3.8) is 0 Å². The van der Waals surface area contributed by atoms with Gasteiger partial charge in [-0.05, 0) is 74.7 Å². The SMILES string of the molecule is Cc1ccc(C)c(NC(=O)C2CCCN(Cc3nc(-c4ccc(Cl)cc4)no3)C2)c1. The number of halogens is 1. The zero-order valence-corrected chi connectivity index (χ0v) is 17.9. The summed E-state index contributed by atoms with van der Waals surface area (Å²) in [6.07, 6.45) is 1.84. The van der Waals surface area contributed by atoms with Gasteiger partial charge in [-0.2, -0.15) is 4.98 Å². The van der Waals surface area contributed by atoms with Crippen molar-refractivity contribution in [1.29, 1.82) is 0 Å². The van der Waals surface area contributed by atoms with Gasteiger partial charge in [0, 0.05) is 22.8 Å². The maximum absolute atomic E-state index is 12.8. The quantitative estimate of drug-likeness (QED) is 0.633. The van der Waals surface area contributed by atoms with Crippen LogP contribution in [0, 0.1) is 19.8 Å². The minimum atomic E-state index is -0.0580. The zero-order chi connectivity index (χ0) is 21.1. The molecule has 1 aliphatic rings. The van der Waals surface area contributed by atoms with E-state index in [1.54, 1.807) is 12.1 Å². The van der Waals surface area contributed by atoms with Crippen LogP contribution in [0.2, 0.25) is 5.02 Å². The van der Waals surface area contributed by atoms with Crippen LogP contribution in [0.3, 0.4) is 0 Å². The van der Waals surface area contributed by atoms with Crippen LogP contribution in [-0.2, 0) is 11.3 Å². The van der Waals surface area contributed by atoms with E-state index in [1.807, 2.05) is 38.1 Å². The van der Waals surface area contributed by atoms with E-state index in [9.17, 15) is 4.79 Å². The first-order valence-corrected chi connectivity index (χ1v) is 10.5. The molecule has 0 aliphatic carbocycles. The molecule has 1 N–H and O–H groups in total. The Labute approximate surface area is 181 Å². The molecule has 4 rings (SSSR count). The first-order valence-electron chi connectivity index (χ1n) is 10.2. The number of likely N-dealkylation sites (tertiary alicyclic amines) is 1. The van der Waals surface area contributed by atoms with Crippen LogP contribution in [0.25, 0.3) is 11.4 Å². The van der Waals surface area contributed by atoms with E-state index in [0.717, 1.165) is 41.8 Å². The fourth-order valence-corrected chi connectivity index (χ4v) is 3.87. The maximum atomic E-state index is 12.8. The Hall–Kier alpha value is -2.70. The van der Waals surface area contributed by atoms with Gasteiger partial charge in [0.2, 0.25) is 17.6 Å². The van der Waals surface area contributed by atoms with Crippen molar-refractivity contribution >= 4 is 23.2 Å². The predicted octanol–water partition coefficient (Wildman–Crippen LogP) is 4.86. The molecule has 0 spiro atoms. The standard InChI is InChI=1S/C23H25ClN4O2/c1-15-5-6-16(2)20(12-15)25-23(29)18-4-3-11-28(13-18)14-21-26-22(27-30-21)17-7-9-19(24)10-8-17/h5-10,12,18H,3-4,11,13-14H2,1-2H3,(H,25,29). The highest BCUT2D eigenvalue weighted by atomic mass is 35.5. The molecule has 1 fully saturated rings. The van der Waals surface area contributed by atoms with Gasteiger partial charge in [-0.3, -0.25) is 9.69 Å². The number of nitrogens with zero attached hydrogens (tertiary/aromatic N) is 3. The van der Waals surface area contributed by atoms with E-state index in [2.05, 4.69) is 26.4 Å². The molecule has 1 unspecified atom stereocenters. The van der Waals surface area contributed by atoms with Crippen LogP contribution in [-0.4, -0.2) is 34.0 Å². The lowest BCUT2D eigenvalue weighted by molar-refractivity contribution is -0.121. The lowest BCUT2D eigenvalue weighted by atomic mass is 9.96. The molecular formula is C23H25ClN4O2. The minimum Gasteiger partial charge on any atom is -0.338 e. The molecule has 3 aromatic rings. The van der Waals surface area contributed by atoms with Crippen LogP contribution in [0.5, 0.6) is 0 Å². The second-order valence-corrected chi connectivity index (χ2v) is 8.34. The topological polar surface area (TPSA) is 71.3 Å². The number of anilines is 1. The Kier molecular flexibility index (Phi) is 6.16. The van der Waals surface area contributed by atoms with E-state index in [0.29, 0.717) is 29.8 Å². The molecule has 1 aromatic heterocycles. The molecule has 2 aromatic carbocycles. The Morgan fingerprint density at radius 3 is 2.83 bits per heavy atom. The molecule has 0 radical (unpaired) electrons. The lowest BCUT2D eigenvalue weighted by Crippen LogP contribution is -2.40. The number of nitrogens with one attached hydrogen (secondary N) is 1. The molecule has 156 valence electrons. The third-order valence-electron chi connectivity index (χ3n) is 5.46. The van der Waals surface area contributed by atoms with E-state index in [-0.39, 0.29) is 11.8 Å². The van der Waals surface area contributed by atoms with Crippen LogP contribution in [0.4, 0.5) is 5.69 Å². The molecule has 30 heavy (non-hydrogen) atoms. The summed E-state index contributed by atoms with van der Waals surface area (Å²) in [5.74, 6) is 1.11. The number of aryl methyl sites for hydroxylation is 2. The number of piperidine rings is 1. The number of hydrogen-bond acceptors (Lipinski definition) is 5. The molecule has 6 nitrogen and oxygen atoms in total. The molecule has 7 heteroatoms. The summed E-state index contributed by atoms with van der Waals surface area (Å²) in [7, 11) is 0. The number of aromatic nitrogens is 2. The molecule has 0 saturated carbocycles. The summed E-state index contributed by atoms with van der Waals surface area (Å²) < 4.78 is 5.44. The highest BCUT2D eigenvalue weighted by Gasteiger charge is 2.27. The molecular weight excluding hydrogens is 400 g/mol. The van der Waals surface area contributed by atoms with Crippen molar-refractivity contribution in [3.8, 4) is 11.4 Å². The van der Waals surface area contributed by atoms with Gasteiger partial charge in [0.25, 0.3) is 0 Å². The summed E-state index contributed by atoms with van der Waals surface area (Å²) >= 11 is 5.94. The van der Waals surface area contributed by atoms with E-state index in [4.69, 9.17) is 16.1 Å². The average Bonchev–Trinajstić information content (AvgIpc) is 3.20. The fourth-order valence-electron chi connectivity index (χ4n) is 3.75. The number of rotatable bonds is 5. The third-order valence-corrected chi connectivity index (χ3v) is 5.71. The van der Waals surface area contributed by atoms with Crippen LogP contribution in [0.15, 0.2) is 47.0 Å². The fraction of sp³-hybridized carbons (Fsp3) is 0.348. The Morgan fingerprint density at radius 2 is 2.03 bits per heavy atom. The number of carbonyl (C=O) groups excluding carboxylic acids is 1. The smallest absolute Gasteiger partial charge is 0.241 e. The molecule has 0 bridgehead atoms. The summed E-state index contributed by atoms with van der Waals surface area (Å²) in [4.78, 5) is 19.6. The van der Waals surface area contributed by atoms with Gasteiger partial charge in [-0.1, -0.05) is 28.9 Å². The van der Waals surface area contributed by atoms with Crippen LogP contribution in [0.1, 0.15) is 29.9 Å². The highest BCUT2D eigenvalue weighted by molar-refractivity contribution is 6.30. The number of carbonyl (C=O) groups is 1. The van der Waals surface area contributed by atoms with Crippen molar-refractivity contribution in [3.05, 3.63) is 64.5 Å². The monoisotopic (exact) mass is 424 g/mol. The second kappa shape index (κ2) is 8.98. The van der Waals surface area contributed by atoms with Gasteiger partial charge in [-0.15, -0.1) is 0 Å². The van der Waals surface area contributed by atoms with Gasteiger partial charge in [0.1, 0.15) is 0 Å². The second-order valence-electron chi connectivity index (χ2n) is 7.90. The minimum absolute atomic E-state index is 0.0580. The van der Waals surface area contributed by atoms with Crippen molar-refractivity contribution < 1.29 is 9.32 Å². The van der Waals surface area contributed by atoms with Crippen molar-refractivity contribution in [2.24, 2.45) is 5.92 Å². The predicted molar refractivity (Wildman–Crippen MR) is 117 cm³/mol. The molecule has 1 amide bonds. The number of amides is 1. The lowest BCUT2D eigenvalue weighted by Gasteiger charge is -2.31. The van der Waals surface area contributed by atoms with Crippen molar-refractivity contribution in [1.82, 2.24) is 15.0 Å². The molecule has 1 saturated heterocycles. The maximum Gasteiger partial charge on any atom is 0.241 e.